The first-order chi connectivity index (χ1) is 8.09. The molecule has 0 radical (unpaired) electrons. The molecule has 1 unspecified atom stereocenters. The van der Waals surface area contributed by atoms with Gasteiger partial charge in [0.25, 0.3) is 5.91 Å². The third-order valence-corrected chi connectivity index (χ3v) is 4.20. The van der Waals surface area contributed by atoms with Crippen LogP contribution in [0.1, 0.15) is 22.5 Å². The number of likely N-dealkylation sites (tertiary alicyclic amines) is 1. The molecule has 1 aromatic rings. The molecule has 1 saturated heterocycles. The van der Waals surface area contributed by atoms with E-state index in [0.29, 0.717) is 22.9 Å². The lowest BCUT2D eigenvalue weighted by Crippen LogP contribution is -2.42. The van der Waals surface area contributed by atoms with Gasteiger partial charge in [-0.15, -0.1) is 11.3 Å². The van der Waals surface area contributed by atoms with Gasteiger partial charge in [-0.2, -0.15) is 0 Å². The minimum absolute atomic E-state index is 0.157. The molecule has 1 atom stereocenters. The largest absolute Gasteiger partial charge is 0.481 e. The SMILES string of the molecule is O=C(O)C1CCCN(C(=O)c2sccc2Cl)C1. The number of aliphatic carboxylic acids is 1. The quantitative estimate of drug-likeness (QED) is 0.900. The van der Waals surface area contributed by atoms with Gasteiger partial charge in [0.2, 0.25) is 0 Å². The second kappa shape index (κ2) is 5.06. The molecule has 17 heavy (non-hydrogen) atoms. The molecule has 92 valence electrons. The van der Waals surface area contributed by atoms with Crippen molar-refractivity contribution < 1.29 is 14.7 Å². The number of piperidine rings is 1. The van der Waals surface area contributed by atoms with Crippen LogP contribution in [0.4, 0.5) is 0 Å². The van der Waals surface area contributed by atoms with Gasteiger partial charge < -0.3 is 10.0 Å². The van der Waals surface area contributed by atoms with E-state index in [1.165, 1.54) is 11.3 Å². The predicted octanol–water partition coefficient (Wildman–Crippen LogP) is 2.34. The van der Waals surface area contributed by atoms with Gasteiger partial charge in [0, 0.05) is 13.1 Å². The molecule has 1 aliphatic rings. The summed E-state index contributed by atoms with van der Waals surface area (Å²) in [5.74, 6) is -1.44. The highest BCUT2D eigenvalue weighted by molar-refractivity contribution is 7.12. The molecule has 6 heteroatoms. The van der Waals surface area contributed by atoms with Crippen LogP contribution in [0.3, 0.4) is 0 Å². The Balaban J connectivity index is 2.10. The lowest BCUT2D eigenvalue weighted by Gasteiger charge is -2.30. The van der Waals surface area contributed by atoms with Crippen molar-refractivity contribution in [2.24, 2.45) is 5.92 Å². The van der Waals surface area contributed by atoms with E-state index in [1.807, 2.05) is 0 Å². The summed E-state index contributed by atoms with van der Waals surface area (Å²) in [6, 6.07) is 1.68. The van der Waals surface area contributed by atoms with Crippen molar-refractivity contribution in [3.05, 3.63) is 21.3 Å². The van der Waals surface area contributed by atoms with Crippen LogP contribution in [-0.2, 0) is 4.79 Å². The van der Waals surface area contributed by atoms with Gasteiger partial charge in [0.15, 0.2) is 0 Å². The molecule has 1 fully saturated rings. The van der Waals surface area contributed by atoms with E-state index in [-0.39, 0.29) is 12.5 Å². The summed E-state index contributed by atoms with van der Waals surface area (Å²) in [7, 11) is 0. The summed E-state index contributed by atoms with van der Waals surface area (Å²) in [5, 5.41) is 11.2. The summed E-state index contributed by atoms with van der Waals surface area (Å²) < 4.78 is 0. The summed E-state index contributed by atoms with van der Waals surface area (Å²) in [6.45, 7) is 0.888. The minimum Gasteiger partial charge on any atom is -0.481 e. The average molecular weight is 274 g/mol. The van der Waals surface area contributed by atoms with Crippen LogP contribution in [0.5, 0.6) is 0 Å². The van der Waals surface area contributed by atoms with Crippen molar-refractivity contribution in [2.45, 2.75) is 12.8 Å². The maximum absolute atomic E-state index is 12.1. The smallest absolute Gasteiger partial charge is 0.308 e. The topological polar surface area (TPSA) is 57.6 Å². The molecule has 1 aromatic heterocycles. The van der Waals surface area contributed by atoms with E-state index < -0.39 is 11.9 Å². The zero-order chi connectivity index (χ0) is 12.4. The fraction of sp³-hybridized carbons (Fsp3) is 0.455. The molecule has 0 bridgehead atoms. The van der Waals surface area contributed by atoms with Crippen LogP contribution < -0.4 is 0 Å². The second-order valence-corrected chi connectivity index (χ2v) is 5.35. The van der Waals surface area contributed by atoms with Gasteiger partial charge >= 0.3 is 5.97 Å². The third kappa shape index (κ3) is 2.61. The standard InChI is InChI=1S/C11H12ClNO3S/c12-8-3-5-17-9(8)10(14)13-4-1-2-7(6-13)11(15)16/h3,5,7H,1-2,4,6H2,(H,15,16). The molecule has 0 aromatic carbocycles. The van der Waals surface area contributed by atoms with E-state index in [9.17, 15) is 9.59 Å². The van der Waals surface area contributed by atoms with Crippen LogP contribution in [0, 0.1) is 5.92 Å². The molecule has 1 aliphatic heterocycles. The first-order valence-electron chi connectivity index (χ1n) is 5.34. The fourth-order valence-electron chi connectivity index (χ4n) is 1.95. The Labute approximate surface area is 108 Å². The zero-order valence-electron chi connectivity index (χ0n) is 9.06. The maximum atomic E-state index is 12.1. The number of carbonyl (C=O) groups is 2. The monoisotopic (exact) mass is 273 g/mol. The molecule has 2 heterocycles. The van der Waals surface area contributed by atoms with Crippen molar-refractivity contribution in [2.75, 3.05) is 13.1 Å². The van der Waals surface area contributed by atoms with Gasteiger partial charge in [-0.3, -0.25) is 9.59 Å². The number of hydrogen-bond donors (Lipinski definition) is 1. The zero-order valence-corrected chi connectivity index (χ0v) is 10.6. The van der Waals surface area contributed by atoms with Crippen molar-refractivity contribution >= 4 is 34.8 Å². The normalized spacial score (nSPS) is 20.3. The van der Waals surface area contributed by atoms with Crippen LogP contribution in [0.25, 0.3) is 0 Å². The number of halogens is 1. The van der Waals surface area contributed by atoms with E-state index in [4.69, 9.17) is 16.7 Å². The summed E-state index contributed by atoms with van der Waals surface area (Å²) in [6.07, 6.45) is 1.36. The maximum Gasteiger partial charge on any atom is 0.308 e. The Morgan fingerprint density at radius 2 is 2.29 bits per heavy atom. The van der Waals surface area contributed by atoms with Gasteiger partial charge in [0.1, 0.15) is 4.88 Å². The van der Waals surface area contributed by atoms with E-state index in [0.717, 1.165) is 6.42 Å². The highest BCUT2D eigenvalue weighted by atomic mass is 35.5. The van der Waals surface area contributed by atoms with Gasteiger partial charge in [-0.05, 0) is 24.3 Å². The van der Waals surface area contributed by atoms with Crippen LogP contribution in [0.2, 0.25) is 5.02 Å². The van der Waals surface area contributed by atoms with Gasteiger partial charge in [-0.25, -0.2) is 0 Å². The molecule has 1 N–H and O–H groups in total. The van der Waals surface area contributed by atoms with Crippen molar-refractivity contribution in [3.63, 3.8) is 0 Å². The number of amides is 1. The number of rotatable bonds is 2. The Hall–Kier alpha value is -1.07. The Bertz CT molecular complexity index is 446. The molecule has 0 spiro atoms. The number of carboxylic acids is 1. The number of nitrogens with zero attached hydrogens (tertiary/aromatic N) is 1. The lowest BCUT2D eigenvalue weighted by atomic mass is 9.98. The molecule has 1 amide bonds. The number of carbonyl (C=O) groups excluding carboxylic acids is 1. The molecule has 2 rings (SSSR count). The third-order valence-electron chi connectivity index (χ3n) is 2.87. The number of thiophene rings is 1. The molecular weight excluding hydrogens is 262 g/mol. The minimum atomic E-state index is -0.834. The highest BCUT2D eigenvalue weighted by Gasteiger charge is 2.29. The second-order valence-electron chi connectivity index (χ2n) is 4.03. The lowest BCUT2D eigenvalue weighted by molar-refractivity contribution is -0.143. The van der Waals surface area contributed by atoms with Gasteiger partial charge in [-0.1, -0.05) is 11.6 Å². The van der Waals surface area contributed by atoms with Crippen LogP contribution in [0.15, 0.2) is 11.4 Å². The van der Waals surface area contributed by atoms with Crippen molar-refractivity contribution in [3.8, 4) is 0 Å². The summed E-state index contributed by atoms with van der Waals surface area (Å²) >= 11 is 7.19. The van der Waals surface area contributed by atoms with Gasteiger partial charge in [0.05, 0.1) is 10.9 Å². The Kier molecular flexibility index (Phi) is 3.69. The first-order valence-corrected chi connectivity index (χ1v) is 6.60. The molecule has 0 aliphatic carbocycles. The van der Waals surface area contributed by atoms with E-state index in [2.05, 4.69) is 0 Å². The van der Waals surface area contributed by atoms with Crippen LogP contribution in [-0.4, -0.2) is 35.0 Å². The van der Waals surface area contributed by atoms with Crippen molar-refractivity contribution in [1.82, 2.24) is 4.90 Å². The van der Waals surface area contributed by atoms with E-state index >= 15 is 0 Å². The first kappa shape index (κ1) is 12.4. The van der Waals surface area contributed by atoms with Crippen molar-refractivity contribution in [1.29, 1.82) is 0 Å². The summed E-state index contributed by atoms with van der Waals surface area (Å²) in [4.78, 5) is 25.1. The van der Waals surface area contributed by atoms with Crippen LogP contribution >= 0.6 is 22.9 Å². The number of carboxylic acid groups (broad SMARTS) is 1. The highest BCUT2D eigenvalue weighted by Crippen LogP contribution is 2.26. The summed E-state index contributed by atoms with van der Waals surface area (Å²) in [5.41, 5.74) is 0. The van der Waals surface area contributed by atoms with E-state index in [1.54, 1.807) is 16.3 Å². The average Bonchev–Trinajstić information content (AvgIpc) is 2.74. The molecule has 0 saturated carbocycles. The number of hydrogen-bond acceptors (Lipinski definition) is 3. The predicted molar refractivity (Wildman–Crippen MR) is 65.6 cm³/mol. The molecule has 4 nitrogen and oxygen atoms in total. The Morgan fingerprint density at radius 3 is 2.88 bits per heavy atom. The fourth-order valence-corrected chi connectivity index (χ4v) is 3.06. The molecular formula is C11H12ClNO3S. The Morgan fingerprint density at radius 1 is 1.53 bits per heavy atom.